The molecule has 0 saturated carbocycles. The molecule has 1 aliphatic heterocycles. The molecule has 0 radical (unpaired) electrons. The molecule has 2 unspecified atom stereocenters. The quantitative estimate of drug-likeness (QED) is 0.464. The molecule has 1 aromatic carbocycles. The Kier molecular flexibility index (Phi) is 8.10. The largest absolute Gasteiger partial charge is 0.465 e. The summed E-state index contributed by atoms with van der Waals surface area (Å²) in [7, 11) is 1.76. The predicted octanol–water partition coefficient (Wildman–Crippen LogP) is 1.90. The number of aliphatic imine (C=N–C) groups is 1. The molecule has 0 amide bonds. The van der Waals surface area contributed by atoms with Crippen molar-refractivity contribution in [3.8, 4) is 0 Å². The maximum Gasteiger partial charge on any atom is 0.191 e. The van der Waals surface area contributed by atoms with Crippen LogP contribution in [0.15, 0.2) is 51.9 Å². The Morgan fingerprint density at radius 1 is 1.10 bits per heavy atom. The second-order valence-electron chi connectivity index (χ2n) is 7.24. The van der Waals surface area contributed by atoms with Gasteiger partial charge >= 0.3 is 0 Å². The van der Waals surface area contributed by atoms with Gasteiger partial charge in [0, 0.05) is 39.1 Å². The minimum Gasteiger partial charge on any atom is -0.465 e. The van der Waals surface area contributed by atoms with Crippen molar-refractivity contribution < 1.29 is 14.3 Å². The van der Waals surface area contributed by atoms with Crippen molar-refractivity contribution in [2.45, 2.75) is 18.9 Å². The number of hydrogen-bond donors (Lipinski definition) is 3. The number of aliphatic hydroxyl groups is 1. The number of aryl methyl sites for hydroxylation is 1. The van der Waals surface area contributed by atoms with Gasteiger partial charge in [0.15, 0.2) is 5.96 Å². The molecular weight excluding hydrogens is 368 g/mol. The van der Waals surface area contributed by atoms with E-state index in [1.54, 1.807) is 7.05 Å². The van der Waals surface area contributed by atoms with Crippen molar-refractivity contribution in [2.24, 2.45) is 4.99 Å². The highest BCUT2D eigenvalue weighted by Crippen LogP contribution is 2.23. The van der Waals surface area contributed by atoms with Crippen LogP contribution >= 0.6 is 0 Å². The number of nitrogens with one attached hydrogen (secondary N) is 2. The fourth-order valence-corrected chi connectivity index (χ4v) is 3.58. The van der Waals surface area contributed by atoms with Crippen LogP contribution in [0.2, 0.25) is 0 Å². The minimum absolute atomic E-state index is 0.0116. The molecule has 1 aromatic heterocycles. The summed E-state index contributed by atoms with van der Waals surface area (Å²) in [5.74, 6) is 2.58. The number of aliphatic hydroxyl groups excluding tert-OH is 1. The molecule has 3 N–H and O–H groups in total. The van der Waals surface area contributed by atoms with Crippen molar-refractivity contribution in [3.63, 3.8) is 0 Å². The third kappa shape index (κ3) is 6.06. The van der Waals surface area contributed by atoms with Crippen LogP contribution in [0.1, 0.15) is 29.0 Å². The average molecular weight is 401 g/mol. The van der Waals surface area contributed by atoms with Crippen LogP contribution in [-0.2, 0) is 4.74 Å². The van der Waals surface area contributed by atoms with Gasteiger partial charge in [-0.25, -0.2) is 0 Å². The molecule has 158 valence electrons. The number of guanidine groups is 1. The molecule has 0 spiro atoms. The van der Waals surface area contributed by atoms with E-state index in [9.17, 15) is 5.11 Å². The number of nitrogens with zero attached hydrogens (tertiary/aromatic N) is 2. The maximum atomic E-state index is 9.77. The molecule has 2 atom stereocenters. The Hall–Kier alpha value is -2.35. The summed E-state index contributed by atoms with van der Waals surface area (Å²) >= 11 is 0. The summed E-state index contributed by atoms with van der Waals surface area (Å²) in [6, 6.07) is 14.2. The van der Waals surface area contributed by atoms with Gasteiger partial charge in [-0.1, -0.05) is 30.3 Å². The lowest BCUT2D eigenvalue weighted by atomic mass is 10.0. The zero-order valence-corrected chi connectivity index (χ0v) is 17.3. The standard InChI is InChI=1S/C22H32N4O3/c1-17-8-9-21(29-17)20(26-10-12-28-13-11-26)15-25-22(23-2)24-14-19(16-27)18-6-4-3-5-7-18/h3-9,19-20,27H,10-16H2,1-2H3,(H2,23,24,25). The van der Waals surface area contributed by atoms with E-state index in [4.69, 9.17) is 9.15 Å². The van der Waals surface area contributed by atoms with Gasteiger partial charge in [0.05, 0.1) is 25.9 Å². The highest BCUT2D eigenvalue weighted by Gasteiger charge is 2.25. The first-order valence-corrected chi connectivity index (χ1v) is 10.2. The summed E-state index contributed by atoms with van der Waals surface area (Å²) in [6.07, 6.45) is 0. The zero-order valence-electron chi connectivity index (χ0n) is 17.3. The average Bonchev–Trinajstić information content (AvgIpc) is 3.20. The zero-order chi connectivity index (χ0) is 20.5. The molecule has 2 aromatic rings. The first-order valence-electron chi connectivity index (χ1n) is 10.2. The third-order valence-corrected chi connectivity index (χ3v) is 5.27. The normalized spacial score (nSPS) is 17.7. The third-order valence-electron chi connectivity index (χ3n) is 5.27. The molecule has 0 aliphatic carbocycles. The Morgan fingerprint density at radius 2 is 1.83 bits per heavy atom. The van der Waals surface area contributed by atoms with Gasteiger partial charge < -0.3 is 24.9 Å². The Labute approximate surface area is 172 Å². The molecule has 7 nitrogen and oxygen atoms in total. The lowest BCUT2D eigenvalue weighted by Gasteiger charge is -2.33. The molecule has 3 rings (SSSR count). The number of morpholine rings is 1. The molecule has 1 saturated heterocycles. The van der Waals surface area contributed by atoms with Crippen molar-refractivity contribution in [1.82, 2.24) is 15.5 Å². The molecule has 1 fully saturated rings. The van der Waals surface area contributed by atoms with Crippen LogP contribution in [0.25, 0.3) is 0 Å². The molecule has 29 heavy (non-hydrogen) atoms. The maximum absolute atomic E-state index is 9.77. The van der Waals surface area contributed by atoms with Crippen LogP contribution < -0.4 is 10.6 Å². The lowest BCUT2D eigenvalue weighted by molar-refractivity contribution is 0.0124. The van der Waals surface area contributed by atoms with Gasteiger partial charge in [0.25, 0.3) is 0 Å². The molecule has 2 heterocycles. The molecule has 7 heteroatoms. The second-order valence-corrected chi connectivity index (χ2v) is 7.24. The van der Waals surface area contributed by atoms with Gasteiger partial charge in [-0.05, 0) is 24.6 Å². The van der Waals surface area contributed by atoms with Crippen molar-refractivity contribution in [2.75, 3.05) is 53.0 Å². The summed E-state index contributed by atoms with van der Waals surface area (Å²) in [5.41, 5.74) is 1.11. The first-order chi connectivity index (χ1) is 14.2. The Morgan fingerprint density at radius 3 is 2.45 bits per heavy atom. The van der Waals surface area contributed by atoms with Crippen LogP contribution in [0.5, 0.6) is 0 Å². The molecule has 0 bridgehead atoms. The summed E-state index contributed by atoms with van der Waals surface area (Å²) in [4.78, 5) is 6.72. The fourth-order valence-electron chi connectivity index (χ4n) is 3.58. The molecule has 1 aliphatic rings. The first kappa shape index (κ1) is 21.4. The van der Waals surface area contributed by atoms with Crippen LogP contribution in [-0.4, -0.2) is 69.0 Å². The smallest absolute Gasteiger partial charge is 0.191 e. The minimum atomic E-state index is 0.0116. The van der Waals surface area contributed by atoms with E-state index in [0.29, 0.717) is 19.0 Å². The highest BCUT2D eigenvalue weighted by molar-refractivity contribution is 5.79. The Bertz CT molecular complexity index is 756. The van der Waals surface area contributed by atoms with Gasteiger partial charge in [-0.2, -0.15) is 0 Å². The van der Waals surface area contributed by atoms with E-state index in [1.165, 1.54) is 0 Å². The highest BCUT2D eigenvalue weighted by atomic mass is 16.5. The van der Waals surface area contributed by atoms with E-state index < -0.39 is 0 Å². The summed E-state index contributed by atoms with van der Waals surface area (Å²) in [6.45, 7) is 6.53. The molecular formula is C22H32N4O3. The van der Waals surface area contributed by atoms with Crippen LogP contribution in [0.3, 0.4) is 0 Å². The van der Waals surface area contributed by atoms with Crippen molar-refractivity contribution >= 4 is 5.96 Å². The topological polar surface area (TPSA) is 82.3 Å². The number of rotatable bonds is 8. The fraction of sp³-hybridized carbons (Fsp3) is 0.500. The predicted molar refractivity (Wildman–Crippen MR) is 114 cm³/mol. The van der Waals surface area contributed by atoms with Gasteiger partial charge in [0.1, 0.15) is 11.5 Å². The second kappa shape index (κ2) is 11.0. The van der Waals surface area contributed by atoms with Crippen molar-refractivity contribution in [3.05, 3.63) is 59.5 Å². The van der Waals surface area contributed by atoms with E-state index in [1.807, 2.05) is 49.4 Å². The van der Waals surface area contributed by atoms with Crippen LogP contribution in [0.4, 0.5) is 0 Å². The van der Waals surface area contributed by atoms with Gasteiger partial charge in [-0.15, -0.1) is 0 Å². The number of furan rings is 1. The number of benzene rings is 1. The number of ether oxygens (including phenoxy) is 1. The van der Waals surface area contributed by atoms with E-state index in [-0.39, 0.29) is 18.6 Å². The number of hydrogen-bond acceptors (Lipinski definition) is 5. The Balaban J connectivity index is 1.59. The van der Waals surface area contributed by atoms with E-state index >= 15 is 0 Å². The summed E-state index contributed by atoms with van der Waals surface area (Å²) in [5, 5.41) is 16.5. The monoisotopic (exact) mass is 400 g/mol. The lowest BCUT2D eigenvalue weighted by Crippen LogP contribution is -2.46. The van der Waals surface area contributed by atoms with Crippen LogP contribution in [0, 0.1) is 6.92 Å². The van der Waals surface area contributed by atoms with E-state index in [2.05, 4.69) is 20.5 Å². The van der Waals surface area contributed by atoms with Crippen molar-refractivity contribution in [1.29, 1.82) is 0 Å². The SMILES string of the molecule is CN=C(NCC(CO)c1ccccc1)NCC(c1ccc(C)o1)N1CCOCC1. The van der Waals surface area contributed by atoms with Gasteiger partial charge in [0.2, 0.25) is 0 Å². The van der Waals surface area contributed by atoms with E-state index in [0.717, 1.165) is 43.4 Å². The summed E-state index contributed by atoms with van der Waals surface area (Å²) < 4.78 is 11.4. The van der Waals surface area contributed by atoms with Gasteiger partial charge in [-0.3, -0.25) is 9.89 Å².